The van der Waals surface area contributed by atoms with Crippen LogP contribution < -0.4 is 0 Å². The molecule has 5 heteroatoms. The molecule has 4 nitrogen and oxygen atoms in total. The lowest BCUT2D eigenvalue weighted by Gasteiger charge is -2.28. The highest BCUT2D eigenvalue weighted by atomic mass is 32.1. The van der Waals surface area contributed by atoms with Crippen LogP contribution in [-0.4, -0.2) is 41.6 Å². The van der Waals surface area contributed by atoms with Crippen LogP contribution in [0.2, 0.25) is 0 Å². The van der Waals surface area contributed by atoms with Gasteiger partial charge in [-0.2, -0.15) is 0 Å². The van der Waals surface area contributed by atoms with Gasteiger partial charge in [0.1, 0.15) is 4.88 Å². The summed E-state index contributed by atoms with van der Waals surface area (Å²) in [6, 6.07) is 10.5. The van der Waals surface area contributed by atoms with Gasteiger partial charge in [-0.25, -0.2) is 4.98 Å². The molecule has 1 aliphatic rings. The first-order valence-electron chi connectivity index (χ1n) is 7.58. The van der Waals surface area contributed by atoms with Crippen LogP contribution in [-0.2, 0) is 11.2 Å². The number of aromatic nitrogens is 1. The Labute approximate surface area is 134 Å². The molecule has 0 bridgehead atoms. The lowest BCUT2D eigenvalue weighted by Crippen LogP contribution is -2.42. The first-order valence-corrected chi connectivity index (χ1v) is 8.46. The zero-order chi connectivity index (χ0) is 15.4. The van der Waals surface area contributed by atoms with E-state index in [9.17, 15) is 4.79 Å². The van der Waals surface area contributed by atoms with Crippen molar-refractivity contribution in [3.63, 3.8) is 0 Å². The van der Waals surface area contributed by atoms with Crippen LogP contribution in [0, 0.1) is 6.92 Å². The average Bonchev–Trinajstić information content (AvgIpc) is 3.20. The first kappa shape index (κ1) is 15.2. The third-order valence-corrected chi connectivity index (χ3v) is 4.95. The van der Waals surface area contributed by atoms with E-state index in [1.54, 1.807) is 5.51 Å². The van der Waals surface area contributed by atoms with Crippen LogP contribution in [0.5, 0.6) is 0 Å². The number of aryl methyl sites for hydroxylation is 1. The summed E-state index contributed by atoms with van der Waals surface area (Å²) in [5.74, 6) is 0.0893. The van der Waals surface area contributed by atoms with Crippen molar-refractivity contribution in [2.24, 2.45) is 0 Å². The van der Waals surface area contributed by atoms with Gasteiger partial charge in [0.25, 0.3) is 5.91 Å². The number of rotatable bonds is 5. The molecule has 0 spiro atoms. The van der Waals surface area contributed by atoms with Gasteiger partial charge in [-0.05, 0) is 25.3 Å². The molecule has 1 aliphatic heterocycles. The van der Waals surface area contributed by atoms with E-state index >= 15 is 0 Å². The second-order valence-electron chi connectivity index (χ2n) is 5.52. The number of ether oxygens (including phenoxy) is 1. The van der Waals surface area contributed by atoms with E-state index in [0.717, 1.165) is 30.0 Å². The second kappa shape index (κ2) is 7.03. The Morgan fingerprint density at radius 1 is 1.41 bits per heavy atom. The number of hydrogen-bond acceptors (Lipinski definition) is 4. The van der Waals surface area contributed by atoms with Crippen molar-refractivity contribution in [1.29, 1.82) is 0 Å². The molecule has 1 amide bonds. The lowest BCUT2D eigenvalue weighted by molar-refractivity contribution is 0.0660. The van der Waals surface area contributed by atoms with Crippen LogP contribution in [0.15, 0.2) is 35.8 Å². The van der Waals surface area contributed by atoms with Gasteiger partial charge in [0, 0.05) is 13.2 Å². The van der Waals surface area contributed by atoms with Gasteiger partial charge in [0.05, 0.1) is 23.9 Å². The van der Waals surface area contributed by atoms with Gasteiger partial charge in [0.15, 0.2) is 0 Å². The van der Waals surface area contributed by atoms with Crippen molar-refractivity contribution in [3.05, 3.63) is 52.0 Å². The minimum atomic E-state index is 0.0893. The molecule has 1 unspecified atom stereocenters. The molecule has 0 radical (unpaired) electrons. The topological polar surface area (TPSA) is 42.4 Å². The molecule has 3 rings (SSSR count). The maximum atomic E-state index is 12.9. The fourth-order valence-corrected chi connectivity index (χ4v) is 3.51. The summed E-state index contributed by atoms with van der Waals surface area (Å²) in [6.07, 6.45) is 1.78. The number of hydrogen-bond donors (Lipinski definition) is 0. The Hall–Kier alpha value is -1.72. The SMILES string of the molecule is Cc1ncsc1C(=O)N(CCc1ccccc1)C1CCOC1. The molecule has 116 valence electrons. The summed E-state index contributed by atoms with van der Waals surface area (Å²) < 4.78 is 5.48. The molecule has 0 saturated carbocycles. The summed E-state index contributed by atoms with van der Waals surface area (Å²) in [5.41, 5.74) is 3.81. The standard InChI is InChI=1S/C17H20N2O2S/c1-13-16(22-12-18-13)17(20)19(15-8-10-21-11-15)9-7-14-5-3-2-4-6-14/h2-6,12,15H,7-11H2,1H3. The van der Waals surface area contributed by atoms with E-state index < -0.39 is 0 Å². The Bertz CT molecular complexity index is 621. The Kier molecular flexibility index (Phi) is 4.85. The van der Waals surface area contributed by atoms with E-state index in [1.807, 2.05) is 30.0 Å². The highest BCUT2D eigenvalue weighted by molar-refractivity contribution is 7.11. The predicted molar refractivity (Wildman–Crippen MR) is 87.3 cm³/mol. The summed E-state index contributed by atoms with van der Waals surface area (Å²) in [5, 5.41) is 0. The fourth-order valence-electron chi connectivity index (χ4n) is 2.75. The molecule has 1 saturated heterocycles. The van der Waals surface area contributed by atoms with Crippen molar-refractivity contribution < 1.29 is 9.53 Å². The third-order valence-electron chi connectivity index (χ3n) is 4.03. The van der Waals surface area contributed by atoms with Gasteiger partial charge in [-0.3, -0.25) is 4.79 Å². The quantitative estimate of drug-likeness (QED) is 0.852. The normalized spacial score (nSPS) is 17.6. The molecule has 1 aromatic carbocycles. The minimum Gasteiger partial charge on any atom is -0.379 e. The Balaban J connectivity index is 1.75. The van der Waals surface area contributed by atoms with Gasteiger partial charge < -0.3 is 9.64 Å². The van der Waals surface area contributed by atoms with Crippen LogP contribution in [0.25, 0.3) is 0 Å². The predicted octanol–water partition coefficient (Wildman–Crippen LogP) is 2.93. The van der Waals surface area contributed by atoms with Gasteiger partial charge >= 0.3 is 0 Å². The maximum absolute atomic E-state index is 12.9. The number of amides is 1. The van der Waals surface area contributed by atoms with Crippen LogP contribution in [0.1, 0.15) is 27.3 Å². The maximum Gasteiger partial charge on any atom is 0.266 e. The molecule has 22 heavy (non-hydrogen) atoms. The van der Waals surface area contributed by atoms with E-state index in [2.05, 4.69) is 17.1 Å². The summed E-state index contributed by atoms with van der Waals surface area (Å²) in [6.45, 7) is 3.98. The Morgan fingerprint density at radius 3 is 2.86 bits per heavy atom. The molecule has 0 N–H and O–H groups in total. The summed E-state index contributed by atoms with van der Waals surface area (Å²) >= 11 is 1.42. The number of benzene rings is 1. The number of nitrogens with zero attached hydrogens (tertiary/aromatic N) is 2. The number of carbonyl (C=O) groups is 1. The molecular formula is C17H20N2O2S. The van der Waals surface area contributed by atoms with E-state index in [-0.39, 0.29) is 11.9 Å². The summed E-state index contributed by atoms with van der Waals surface area (Å²) in [4.78, 5) is 19.8. The highest BCUT2D eigenvalue weighted by Crippen LogP contribution is 2.21. The molecule has 1 aromatic heterocycles. The zero-order valence-corrected chi connectivity index (χ0v) is 13.5. The molecule has 1 fully saturated rings. The van der Waals surface area contributed by atoms with E-state index in [0.29, 0.717) is 13.2 Å². The smallest absolute Gasteiger partial charge is 0.266 e. The fraction of sp³-hybridized carbons (Fsp3) is 0.412. The van der Waals surface area contributed by atoms with Crippen LogP contribution in [0.4, 0.5) is 0 Å². The molecule has 0 aliphatic carbocycles. The van der Waals surface area contributed by atoms with Gasteiger partial charge in [-0.15, -0.1) is 11.3 Å². The van der Waals surface area contributed by atoms with E-state index in [1.165, 1.54) is 16.9 Å². The number of carbonyl (C=O) groups excluding carboxylic acids is 1. The van der Waals surface area contributed by atoms with Crippen molar-refractivity contribution in [2.45, 2.75) is 25.8 Å². The Morgan fingerprint density at radius 2 is 2.23 bits per heavy atom. The summed E-state index contributed by atoms with van der Waals surface area (Å²) in [7, 11) is 0. The van der Waals surface area contributed by atoms with E-state index in [4.69, 9.17) is 4.74 Å². The molecule has 1 atom stereocenters. The van der Waals surface area contributed by atoms with Crippen molar-refractivity contribution >= 4 is 17.2 Å². The first-order chi connectivity index (χ1) is 10.8. The largest absolute Gasteiger partial charge is 0.379 e. The highest BCUT2D eigenvalue weighted by Gasteiger charge is 2.29. The van der Waals surface area contributed by atoms with Gasteiger partial charge in [-0.1, -0.05) is 30.3 Å². The van der Waals surface area contributed by atoms with Crippen molar-refractivity contribution in [2.75, 3.05) is 19.8 Å². The monoisotopic (exact) mass is 316 g/mol. The van der Waals surface area contributed by atoms with Gasteiger partial charge in [0.2, 0.25) is 0 Å². The molecular weight excluding hydrogens is 296 g/mol. The van der Waals surface area contributed by atoms with Crippen molar-refractivity contribution in [1.82, 2.24) is 9.88 Å². The lowest BCUT2D eigenvalue weighted by atomic mass is 10.1. The second-order valence-corrected chi connectivity index (χ2v) is 6.37. The zero-order valence-electron chi connectivity index (χ0n) is 12.7. The number of thiazole rings is 1. The molecule has 2 heterocycles. The van der Waals surface area contributed by atoms with Crippen LogP contribution >= 0.6 is 11.3 Å². The minimum absolute atomic E-state index is 0.0893. The van der Waals surface area contributed by atoms with Crippen LogP contribution in [0.3, 0.4) is 0 Å². The average molecular weight is 316 g/mol. The molecule has 2 aromatic rings. The van der Waals surface area contributed by atoms with Crippen molar-refractivity contribution in [3.8, 4) is 0 Å². The third kappa shape index (κ3) is 3.36.